The maximum atomic E-state index is 5.79. The summed E-state index contributed by atoms with van der Waals surface area (Å²) in [6.45, 7) is 8.66. The average molecular weight is 255 g/mol. The van der Waals surface area contributed by atoms with Crippen LogP contribution in [-0.2, 0) is 0 Å². The van der Waals surface area contributed by atoms with Crippen LogP contribution in [0.2, 0.25) is 0 Å². The van der Waals surface area contributed by atoms with Gasteiger partial charge in [0.05, 0.1) is 0 Å². The topological polar surface area (TPSA) is 22.1 Å². The van der Waals surface area contributed by atoms with Crippen molar-refractivity contribution in [3.63, 3.8) is 0 Å². The number of ether oxygens (including phenoxy) is 1. The Kier molecular flexibility index (Phi) is 4.20. The largest absolute Gasteiger partial charge is 0.439 e. The molecule has 0 aliphatic heterocycles. The van der Waals surface area contributed by atoms with Gasteiger partial charge in [0.15, 0.2) is 0 Å². The first-order chi connectivity index (χ1) is 9.06. The van der Waals surface area contributed by atoms with Crippen LogP contribution in [0.15, 0.2) is 42.6 Å². The molecule has 0 atom stereocenters. The van der Waals surface area contributed by atoms with E-state index in [4.69, 9.17) is 4.74 Å². The maximum Gasteiger partial charge on any atom is 0.219 e. The lowest BCUT2D eigenvalue weighted by Crippen LogP contribution is -1.93. The van der Waals surface area contributed by atoms with Crippen molar-refractivity contribution in [1.82, 2.24) is 4.98 Å². The first kappa shape index (κ1) is 13.6. The summed E-state index contributed by atoms with van der Waals surface area (Å²) in [7, 11) is 0. The Morgan fingerprint density at radius 1 is 0.895 bits per heavy atom. The second kappa shape index (κ2) is 5.87. The van der Waals surface area contributed by atoms with Gasteiger partial charge in [-0.2, -0.15) is 0 Å². The fraction of sp³-hybridized carbons (Fsp3) is 0.353. The minimum atomic E-state index is 0.491. The van der Waals surface area contributed by atoms with Crippen LogP contribution in [0.4, 0.5) is 0 Å². The van der Waals surface area contributed by atoms with Crippen molar-refractivity contribution in [1.29, 1.82) is 0 Å². The van der Waals surface area contributed by atoms with Gasteiger partial charge in [0.1, 0.15) is 5.75 Å². The van der Waals surface area contributed by atoms with Crippen molar-refractivity contribution < 1.29 is 4.74 Å². The van der Waals surface area contributed by atoms with E-state index in [1.807, 2.05) is 24.4 Å². The first-order valence-corrected chi connectivity index (χ1v) is 6.80. The number of rotatable bonds is 4. The third-order valence-electron chi connectivity index (χ3n) is 3.17. The highest BCUT2D eigenvalue weighted by Crippen LogP contribution is 2.24. The van der Waals surface area contributed by atoms with Gasteiger partial charge >= 0.3 is 0 Å². The van der Waals surface area contributed by atoms with Crippen LogP contribution < -0.4 is 4.74 Å². The van der Waals surface area contributed by atoms with Gasteiger partial charge in [-0.15, -0.1) is 0 Å². The van der Waals surface area contributed by atoms with Crippen molar-refractivity contribution in [2.45, 2.75) is 39.5 Å². The van der Waals surface area contributed by atoms with Crippen molar-refractivity contribution in [2.75, 3.05) is 0 Å². The summed E-state index contributed by atoms with van der Waals surface area (Å²) < 4.78 is 5.79. The van der Waals surface area contributed by atoms with E-state index in [9.17, 15) is 0 Å². The summed E-state index contributed by atoms with van der Waals surface area (Å²) in [6, 6.07) is 12.2. The Bertz CT molecular complexity index is 529. The lowest BCUT2D eigenvalue weighted by molar-refractivity contribution is 0.461. The van der Waals surface area contributed by atoms with E-state index in [0.717, 1.165) is 5.75 Å². The van der Waals surface area contributed by atoms with E-state index in [1.54, 1.807) is 0 Å². The molecule has 0 aliphatic rings. The lowest BCUT2D eigenvalue weighted by atomic mass is 10.0. The molecule has 2 nitrogen and oxygen atoms in total. The molecule has 0 saturated carbocycles. The molecule has 1 aromatic heterocycles. The third-order valence-corrected chi connectivity index (χ3v) is 3.17. The number of hydrogen-bond donors (Lipinski definition) is 0. The highest BCUT2D eigenvalue weighted by Gasteiger charge is 2.04. The molecular weight excluding hydrogens is 234 g/mol. The van der Waals surface area contributed by atoms with Gasteiger partial charge < -0.3 is 4.74 Å². The zero-order valence-corrected chi connectivity index (χ0v) is 12.1. The highest BCUT2D eigenvalue weighted by atomic mass is 16.5. The quantitative estimate of drug-likeness (QED) is 0.756. The van der Waals surface area contributed by atoms with E-state index in [1.165, 1.54) is 11.1 Å². The molecule has 0 N–H and O–H groups in total. The van der Waals surface area contributed by atoms with E-state index >= 15 is 0 Å². The summed E-state index contributed by atoms with van der Waals surface area (Å²) in [6.07, 6.45) is 1.88. The molecule has 0 spiro atoms. The van der Waals surface area contributed by atoms with Gasteiger partial charge in [0.25, 0.3) is 0 Å². The molecule has 19 heavy (non-hydrogen) atoms. The molecule has 0 aliphatic carbocycles. The number of hydrogen-bond acceptors (Lipinski definition) is 2. The van der Waals surface area contributed by atoms with Crippen LogP contribution >= 0.6 is 0 Å². The minimum Gasteiger partial charge on any atom is -0.439 e. The van der Waals surface area contributed by atoms with E-state index < -0.39 is 0 Å². The molecule has 2 rings (SSSR count). The van der Waals surface area contributed by atoms with Gasteiger partial charge in [0, 0.05) is 12.3 Å². The zero-order chi connectivity index (χ0) is 13.8. The van der Waals surface area contributed by atoms with Gasteiger partial charge in [-0.3, -0.25) is 0 Å². The molecule has 0 bridgehead atoms. The molecule has 1 heterocycles. The van der Waals surface area contributed by atoms with Crippen LogP contribution in [0, 0.1) is 0 Å². The molecule has 0 saturated heterocycles. The van der Waals surface area contributed by atoms with Crippen molar-refractivity contribution >= 4 is 0 Å². The fourth-order valence-corrected chi connectivity index (χ4v) is 1.85. The SMILES string of the molecule is CC(C)c1ccc(Oc2cccc(C(C)C)c2)nc1. The third kappa shape index (κ3) is 3.57. The smallest absolute Gasteiger partial charge is 0.219 e. The molecule has 1 aromatic carbocycles. The normalized spacial score (nSPS) is 11.1. The highest BCUT2D eigenvalue weighted by molar-refractivity contribution is 5.33. The van der Waals surface area contributed by atoms with Gasteiger partial charge in [-0.25, -0.2) is 4.98 Å². The second-order valence-corrected chi connectivity index (χ2v) is 5.41. The number of aromatic nitrogens is 1. The van der Waals surface area contributed by atoms with Crippen LogP contribution in [0.1, 0.15) is 50.7 Å². The lowest BCUT2D eigenvalue weighted by Gasteiger charge is -2.10. The average Bonchev–Trinajstić information content (AvgIpc) is 2.39. The van der Waals surface area contributed by atoms with Crippen molar-refractivity contribution in [3.05, 3.63) is 53.7 Å². The van der Waals surface area contributed by atoms with Crippen molar-refractivity contribution in [3.8, 4) is 11.6 Å². The fourth-order valence-electron chi connectivity index (χ4n) is 1.85. The van der Waals surface area contributed by atoms with Gasteiger partial charge in [0.2, 0.25) is 5.88 Å². The number of benzene rings is 1. The summed E-state index contributed by atoms with van der Waals surface area (Å²) in [4.78, 5) is 4.35. The van der Waals surface area contributed by atoms with E-state index in [2.05, 4.69) is 50.9 Å². The standard InChI is InChI=1S/C17H21NO/c1-12(2)14-6-5-7-16(10-14)19-17-9-8-15(11-18-17)13(3)4/h5-13H,1-4H3. The molecule has 2 heteroatoms. The minimum absolute atomic E-state index is 0.491. The Labute approximate surface area is 115 Å². The monoisotopic (exact) mass is 255 g/mol. The summed E-state index contributed by atoms with van der Waals surface area (Å²) in [5.74, 6) is 2.48. The second-order valence-electron chi connectivity index (χ2n) is 5.41. The Balaban J connectivity index is 2.14. The molecule has 0 fully saturated rings. The number of nitrogens with zero attached hydrogens (tertiary/aromatic N) is 1. The Morgan fingerprint density at radius 3 is 2.21 bits per heavy atom. The van der Waals surface area contributed by atoms with Gasteiger partial charge in [-0.1, -0.05) is 45.9 Å². The van der Waals surface area contributed by atoms with E-state index in [-0.39, 0.29) is 0 Å². The van der Waals surface area contributed by atoms with Crippen LogP contribution in [0.3, 0.4) is 0 Å². The molecule has 0 unspecified atom stereocenters. The molecular formula is C17H21NO. The summed E-state index contributed by atoms with van der Waals surface area (Å²) >= 11 is 0. The summed E-state index contributed by atoms with van der Waals surface area (Å²) in [5.41, 5.74) is 2.50. The molecule has 2 aromatic rings. The summed E-state index contributed by atoms with van der Waals surface area (Å²) in [5, 5.41) is 0. The molecule has 100 valence electrons. The van der Waals surface area contributed by atoms with Crippen molar-refractivity contribution in [2.24, 2.45) is 0 Å². The Hall–Kier alpha value is -1.83. The van der Waals surface area contributed by atoms with Crippen LogP contribution in [0.25, 0.3) is 0 Å². The predicted octanol–water partition coefficient (Wildman–Crippen LogP) is 5.12. The van der Waals surface area contributed by atoms with Crippen LogP contribution in [0.5, 0.6) is 11.6 Å². The molecule has 0 amide bonds. The number of pyridine rings is 1. The predicted molar refractivity (Wildman–Crippen MR) is 78.9 cm³/mol. The van der Waals surface area contributed by atoms with Crippen LogP contribution in [-0.4, -0.2) is 4.98 Å². The van der Waals surface area contributed by atoms with E-state index in [0.29, 0.717) is 17.7 Å². The Morgan fingerprint density at radius 2 is 1.63 bits per heavy atom. The maximum absolute atomic E-state index is 5.79. The van der Waals surface area contributed by atoms with Gasteiger partial charge in [-0.05, 0) is 35.1 Å². The zero-order valence-electron chi connectivity index (χ0n) is 12.1. The molecule has 0 radical (unpaired) electrons. The first-order valence-electron chi connectivity index (χ1n) is 6.80.